The third-order valence-electron chi connectivity index (χ3n) is 5.11. The molecule has 1 aliphatic rings. The lowest BCUT2D eigenvalue weighted by Crippen LogP contribution is -2.53. The topological polar surface area (TPSA) is 69.5 Å². The molecule has 3 aromatic rings. The molecule has 0 bridgehead atoms. The summed E-state index contributed by atoms with van der Waals surface area (Å²) in [6.07, 6.45) is 6.32. The average molecular weight is 390 g/mol. The van der Waals surface area contributed by atoms with Crippen LogP contribution in [0.1, 0.15) is 12.5 Å². The zero-order valence-electron chi connectivity index (χ0n) is 16.8. The number of benzene rings is 1. The first-order valence-corrected chi connectivity index (χ1v) is 10.2. The predicted molar refractivity (Wildman–Crippen MR) is 117 cm³/mol. The monoisotopic (exact) mass is 389 g/mol. The Bertz CT molecular complexity index is 944. The Hall–Kier alpha value is -3.22. The fourth-order valence-corrected chi connectivity index (χ4v) is 3.65. The number of piperazine rings is 1. The molecule has 0 unspecified atom stereocenters. The van der Waals surface area contributed by atoms with Gasteiger partial charge in [-0.3, -0.25) is 9.98 Å². The van der Waals surface area contributed by atoms with Gasteiger partial charge in [-0.15, -0.1) is 0 Å². The van der Waals surface area contributed by atoms with Crippen LogP contribution in [0.2, 0.25) is 0 Å². The van der Waals surface area contributed by atoms with Crippen LogP contribution in [-0.2, 0) is 6.42 Å². The van der Waals surface area contributed by atoms with Crippen molar-refractivity contribution in [3.8, 4) is 0 Å². The summed E-state index contributed by atoms with van der Waals surface area (Å²) < 4.78 is 0. The third-order valence-corrected chi connectivity index (χ3v) is 5.11. The summed E-state index contributed by atoms with van der Waals surface area (Å²) in [6.45, 7) is 7.29. The summed E-state index contributed by atoms with van der Waals surface area (Å²) >= 11 is 0. The molecule has 4 rings (SSSR count). The van der Waals surface area contributed by atoms with Crippen molar-refractivity contribution in [1.82, 2.24) is 25.2 Å². The molecular weight excluding hydrogens is 362 g/mol. The standard InChI is InChI=1S/C22H27N7/c1-2-23-21(28-14-16-29(17-15-28)22-25-11-5-12-26-22)27-13-9-19-7-3-6-18-8-4-10-24-20(18)19/h3-8,10-12H,2,9,13-17H2,1H3,(H,23,27). The highest BCUT2D eigenvalue weighted by atomic mass is 15.4. The van der Waals surface area contributed by atoms with Crippen LogP contribution in [0, 0.1) is 0 Å². The predicted octanol–water partition coefficient (Wildman–Crippen LogP) is 2.36. The van der Waals surface area contributed by atoms with Gasteiger partial charge in [0.15, 0.2) is 5.96 Å². The number of fused-ring (bicyclic) bond motifs is 1. The van der Waals surface area contributed by atoms with Crippen molar-refractivity contribution in [2.24, 2.45) is 4.99 Å². The van der Waals surface area contributed by atoms with E-state index >= 15 is 0 Å². The van der Waals surface area contributed by atoms with Gasteiger partial charge in [0.25, 0.3) is 0 Å². The summed E-state index contributed by atoms with van der Waals surface area (Å²) in [4.78, 5) is 22.7. The highest BCUT2D eigenvalue weighted by Gasteiger charge is 2.21. The molecule has 3 heterocycles. The minimum atomic E-state index is 0.736. The van der Waals surface area contributed by atoms with Gasteiger partial charge < -0.3 is 15.1 Å². The molecule has 0 saturated carbocycles. The molecule has 0 spiro atoms. The van der Waals surface area contributed by atoms with E-state index in [9.17, 15) is 0 Å². The van der Waals surface area contributed by atoms with Gasteiger partial charge in [-0.05, 0) is 31.0 Å². The van der Waals surface area contributed by atoms with E-state index in [1.54, 1.807) is 12.4 Å². The van der Waals surface area contributed by atoms with Crippen molar-refractivity contribution < 1.29 is 0 Å². The number of para-hydroxylation sites is 1. The zero-order valence-corrected chi connectivity index (χ0v) is 16.8. The average Bonchev–Trinajstić information content (AvgIpc) is 2.79. The van der Waals surface area contributed by atoms with E-state index in [0.29, 0.717) is 0 Å². The molecule has 0 aliphatic carbocycles. The Morgan fingerprint density at radius 2 is 1.72 bits per heavy atom. The molecule has 0 amide bonds. The van der Waals surface area contributed by atoms with Gasteiger partial charge in [0.2, 0.25) is 5.95 Å². The second-order valence-electron chi connectivity index (χ2n) is 7.00. The highest BCUT2D eigenvalue weighted by molar-refractivity contribution is 5.82. The number of rotatable bonds is 5. The fraction of sp³-hybridized carbons (Fsp3) is 0.364. The highest BCUT2D eigenvalue weighted by Crippen LogP contribution is 2.16. The Balaban J connectivity index is 1.39. The van der Waals surface area contributed by atoms with Crippen LogP contribution in [0.5, 0.6) is 0 Å². The van der Waals surface area contributed by atoms with Crippen molar-refractivity contribution in [2.45, 2.75) is 13.3 Å². The number of nitrogens with zero attached hydrogens (tertiary/aromatic N) is 6. The van der Waals surface area contributed by atoms with Crippen LogP contribution in [0.25, 0.3) is 10.9 Å². The first-order chi connectivity index (χ1) is 14.3. The Labute approximate surface area is 171 Å². The van der Waals surface area contributed by atoms with Crippen LogP contribution < -0.4 is 10.2 Å². The van der Waals surface area contributed by atoms with Gasteiger partial charge in [0, 0.05) is 63.2 Å². The molecule has 150 valence electrons. The molecule has 1 aliphatic heterocycles. The Kier molecular flexibility index (Phi) is 6.14. The van der Waals surface area contributed by atoms with E-state index in [1.165, 1.54) is 10.9 Å². The lowest BCUT2D eigenvalue weighted by atomic mass is 10.1. The van der Waals surface area contributed by atoms with E-state index in [-0.39, 0.29) is 0 Å². The molecule has 1 aromatic carbocycles. The molecule has 1 fully saturated rings. The normalized spacial score (nSPS) is 15.0. The first-order valence-electron chi connectivity index (χ1n) is 10.2. The van der Waals surface area contributed by atoms with E-state index in [4.69, 9.17) is 4.99 Å². The summed E-state index contributed by atoms with van der Waals surface area (Å²) in [5, 5.41) is 4.62. The van der Waals surface area contributed by atoms with Gasteiger partial charge in [-0.25, -0.2) is 9.97 Å². The molecule has 7 heteroatoms. The molecule has 1 N–H and O–H groups in total. The van der Waals surface area contributed by atoms with Crippen molar-refractivity contribution in [3.05, 3.63) is 60.6 Å². The van der Waals surface area contributed by atoms with Crippen molar-refractivity contribution in [1.29, 1.82) is 0 Å². The van der Waals surface area contributed by atoms with Crippen molar-refractivity contribution in [2.75, 3.05) is 44.2 Å². The summed E-state index contributed by atoms with van der Waals surface area (Å²) in [6, 6.07) is 12.3. The van der Waals surface area contributed by atoms with E-state index in [1.807, 2.05) is 18.3 Å². The quantitative estimate of drug-likeness (QED) is 0.534. The maximum Gasteiger partial charge on any atom is 0.225 e. The molecule has 1 saturated heterocycles. The van der Waals surface area contributed by atoms with Crippen LogP contribution in [0.4, 0.5) is 5.95 Å². The van der Waals surface area contributed by atoms with Crippen molar-refractivity contribution in [3.63, 3.8) is 0 Å². The minimum Gasteiger partial charge on any atom is -0.357 e. The Morgan fingerprint density at radius 1 is 0.966 bits per heavy atom. The van der Waals surface area contributed by atoms with E-state index in [0.717, 1.165) is 63.1 Å². The number of nitrogens with one attached hydrogen (secondary N) is 1. The fourth-order valence-electron chi connectivity index (χ4n) is 3.65. The van der Waals surface area contributed by atoms with Crippen LogP contribution >= 0.6 is 0 Å². The number of hydrogen-bond acceptors (Lipinski definition) is 5. The number of aromatic nitrogens is 3. The van der Waals surface area contributed by atoms with E-state index in [2.05, 4.69) is 61.3 Å². The zero-order chi connectivity index (χ0) is 19.9. The van der Waals surface area contributed by atoms with Gasteiger partial charge >= 0.3 is 0 Å². The Morgan fingerprint density at radius 3 is 2.52 bits per heavy atom. The van der Waals surface area contributed by atoms with Gasteiger partial charge in [-0.1, -0.05) is 24.3 Å². The number of aliphatic imine (C=N–C) groups is 1. The molecule has 7 nitrogen and oxygen atoms in total. The second kappa shape index (κ2) is 9.32. The number of hydrogen-bond donors (Lipinski definition) is 1. The third kappa shape index (κ3) is 4.62. The lowest BCUT2D eigenvalue weighted by molar-refractivity contribution is 0.370. The van der Waals surface area contributed by atoms with Gasteiger partial charge in [0.1, 0.15) is 0 Å². The largest absolute Gasteiger partial charge is 0.357 e. The second-order valence-corrected chi connectivity index (χ2v) is 7.00. The molecule has 0 atom stereocenters. The number of pyridine rings is 1. The minimum absolute atomic E-state index is 0.736. The van der Waals surface area contributed by atoms with Crippen LogP contribution in [-0.4, -0.2) is 65.1 Å². The molecule has 29 heavy (non-hydrogen) atoms. The number of guanidine groups is 1. The maximum atomic E-state index is 4.89. The summed E-state index contributed by atoms with van der Waals surface area (Å²) in [5.41, 5.74) is 2.32. The molecule has 2 aromatic heterocycles. The van der Waals surface area contributed by atoms with Gasteiger partial charge in [0.05, 0.1) is 5.52 Å². The van der Waals surface area contributed by atoms with E-state index < -0.39 is 0 Å². The molecular formula is C22H27N7. The SMILES string of the molecule is CCNC(=NCCc1cccc2cccnc12)N1CCN(c2ncccn2)CC1. The van der Waals surface area contributed by atoms with Crippen molar-refractivity contribution >= 4 is 22.8 Å². The molecule has 0 radical (unpaired) electrons. The van der Waals surface area contributed by atoms with Crippen LogP contribution in [0.3, 0.4) is 0 Å². The first kappa shape index (κ1) is 19.1. The maximum absolute atomic E-state index is 4.89. The summed E-state index contributed by atoms with van der Waals surface area (Å²) in [7, 11) is 0. The van der Waals surface area contributed by atoms with Gasteiger partial charge in [-0.2, -0.15) is 0 Å². The van der Waals surface area contributed by atoms with Crippen LogP contribution in [0.15, 0.2) is 60.0 Å². The smallest absolute Gasteiger partial charge is 0.225 e. The number of anilines is 1. The summed E-state index contributed by atoms with van der Waals surface area (Å²) in [5.74, 6) is 1.78. The lowest BCUT2D eigenvalue weighted by Gasteiger charge is -2.36.